The highest BCUT2D eigenvalue weighted by atomic mass is 127. The van der Waals surface area contributed by atoms with Gasteiger partial charge in [-0.15, -0.1) is 10.2 Å². The van der Waals surface area contributed by atoms with Gasteiger partial charge >= 0.3 is 0 Å². The predicted octanol–water partition coefficient (Wildman–Crippen LogP) is 2.17. The summed E-state index contributed by atoms with van der Waals surface area (Å²) in [6, 6.07) is 7.29. The largest absolute Gasteiger partial charge is 0.298 e. The molecule has 0 bridgehead atoms. The summed E-state index contributed by atoms with van der Waals surface area (Å²) in [5.74, 6) is 0.402. The summed E-state index contributed by atoms with van der Waals surface area (Å²) in [6.45, 7) is 1.80. The predicted molar refractivity (Wildman–Crippen MR) is 95.1 cm³/mol. The molecule has 9 heteroatoms. The minimum absolute atomic E-state index is 0.192. The average Bonchev–Trinajstić information content (AvgIpc) is 2.80. The lowest BCUT2D eigenvalue weighted by atomic mass is 10.2. The van der Waals surface area contributed by atoms with Gasteiger partial charge in [-0.1, -0.05) is 23.9 Å². The van der Waals surface area contributed by atoms with Crippen LogP contribution in [0.1, 0.15) is 16.2 Å². The Morgan fingerprint density at radius 1 is 1.38 bits per heavy atom. The van der Waals surface area contributed by atoms with Crippen molar-refractivity contribution in [3.8, 4) is 0 Å². The van der Waals surface area contributed by atoms with Gasteiger partial charge in [-0.25, -0.2) is 4.68 Å². The highest BCUT2D eigenvalue weighted by Crippen LogP contribution is 2.12. The van der Waals surface area contributed by atoms with Gasteiger partial charge in [0, 0.05) is 3.57 Å². The van der Waals surface area contributed by atoms with E-state index in [1.807, 2.05) is 24.5 Å². The van der Waals surface area contributed by atoms with Gasteiger partial charge in [-0.05, 0) is 60.1 Å². The number of hydrogen-bond acceptors (Lipinski definition) is 5. The summed E-state index contributed by atoms with van der Waals surface area (Å²) in [4.78, 5) is 12.2. The monoisotopic (exact) mass is 433 g/mol. The van der Waals surface area contributed by atoms with E-state index in [-0.39, 0.29) is 11.0 Å². The van der Waals surface area contributed by atoms with E-state index < -0.39 is 0 Å². The number of amides is 1. The van der Waals surface area contributed by atoms with Gasteiger partial charge in [0.15, 0.2) is 5.11 Å². The first-order valence-electron chi connectivity index (χ1n) is 5.85. The van der Waals surface area contributed by atoms with Gasteiger partial charge in [-0.3, -0.25) is 15.5 Å². The molecule has 2 rings (SSSR count). The Hall–Kier alpha value is -1.20. The second-order valence-electron chi connectivity index (χ2n) is 3.94. The van der Waals surface area contributed by atoms with Crippen molar-refractivity contribution >= 4 is 57.6 Å². The Morgan fingerprint density at radius 2 is 2.10 bits per heavy atom. The third-order valence-corrected chi connectivity index (χ3v) is 4.30. The van der Waals surface area contributed by atoms with Gasteiger partial charge < -0.3 is 0 Å². The lowest BCUT2D eigenvalue weighted by Crippen LogP contribution is -2.38. The number of aryl methyl sites for hydroxylation is 1. The topological polar surface area (TPSA) is 71.8 Å². The molecule has 0 aliphatic heterocycles. The second-order valence-corrected chi connectivity index (χ2v) is 6.29. The average molecular weight is 433 g/mol. The van der Waals surface area contributed by atoms with Crippen LogP contribution in [0.3, 0.4) is 0 Å². The fourth-order valence-corrected chi connectivity index (χ4v) is 2.85. The fourth-order valence-electron chi connectivity index (χ4n) is 1.55. The van der Waals surface area contributed by atoms with Crippen molar-refractivity contribution in [2.75, 3.05) is 11.7 Å². The van der Waals surface area contributed by atoms with E-state index in [1.165, 1.54) is 11.8 Å². The van der Waals surface area contributed by atoms with Crippen LogP contribution < -0.4 is 10.7 Å². The Bertz CT molecular complexity index is 688. The minimum Gasteiger partial charge on any atom is -0.298 e. The number of rotatable bonds is 3. The number of aromatic nitrogens is 3. The van der Waals surface area contributed by atoms with E-state index in [0.717, 1.165) is 3.57 Å². The summed E-state index contributed by atoms with van der Waals surface area (Å²) < 4.78 is 2.49. The lowest BCUT2D eigenvalue weighted by Gasteiger charge is -2.12. The molecule has 0 unspecified atom stereocenters. The van der Waals surface area contributed by atoms with Crippen LogP contribution in [0.5, 0.6) is 0 Å². The highest BCUT2D eigenvalue weighted by molar-refractivity contribution is 14.1. The van der Waals surface area contributed by atoms with Gasteiger partial charge in [0.2, 0.25) is 5.16 Å². The Morgan fingerprint density at radius 3 is 2.76 bits per heavy atom. The zero-order chi connectivity index (χ0) is 15.4. The first-order valence-corrected chi connectivity index (χ1v) is 8.57. The molecule has 0 atom stereocenters. The molecule has 0 aliphatic carbocycles. The molecule has 0 radical (unpaired) electrons. The van der Waals surface area contributed by atoms with Gasteiger partial charge in [-0.2, -0.15) is 0 Å². The van der Waals surface area contributed by atoms with E-state index >= 15 is 0 Å². The maximum absolute atomic E-state index is 12.2. The highest BCUT2D eigenvalue weighted by Gasteiger charge is 2.13. The summed E-state index contributed by atoms with van der Waals surface area (Å²) in [5, 5.41) is 11.4. The van der Waals surface area contributed by atoms with E-state index in [0.29, 0.717) is 16.5 Å². The van der Waals surface area contributed by atoms with Crippen LogP contribution in [0.4, 0.5) is 0 Å². The SMILES string of the molecule is CSc1nnc(C)n1NC(=S)NC(=O)c1ccccc1I. The maximum atomic E-state index is 12.2. The van der Waals surface area contributed by atoms with Crippen molar-refractivity contribution in [3.05, 3.63) is 39.2 Å². The molecule has 0 saturated heterocycles. The first kappa shape index (κ1) is 16.2. The second kappa shape index (κ2) is 7.18. The number of thiocarbonyl (C=S) groups is 1. The summed E-state index contributed by atoms with van der Waals surface area (Å²) in [7, 11) is 0. The molecule has 110 valence electrons. The Labute approximate surface area is 145 Å². The van der Waals surface area contributed by atoms with Gasteiger partial charge in [0.05, 0.1) is 5.56 Å². The zero-order valence-corrected chi connectivity index (χ0v) is 15.0. The molecule has 1 heterocycles. The Balaban J connectivity index is 2.07. The number of carbonyl (C=O) groups is 1. The molecule has 21 heavy (non-hydrogen) atoms. The normalized spacial score (nSPS) is 10.2. The molecule has 2 N–H and O–H groups in total. The molecular weight excluding hydrogens is 421 g/mol. The van der Waals surface area contributed by atoms with Crippen molar-refractivity contribution in [1.29, 1.82) is 0 Å². The summed E-state index contributed by atoms with van der Waals surface area (Å²) in [6.07, 6.45) is 1.88. The number of thioether (sulfide) groups is 1. The van der Waals surface area contributed by atoms with Crippen LogP contribution >= 0.6 is 46.6 Å². The molecule has 6 nitrogen and oxygen atoms in total. The number of nitrogens with zero attached hydrogens (tertiary/aromatic N) is 3. The van der Waals surface area contributed by atoms with Crippen molar-refractivity contribution in [1.82, 2.24) is 20.2 Å². The smallest absolute Gasteiger partial charge is 0.258 e. The molecule has 0 spiro atoms. The standard InChI is InChI=1S/C12H12IN5OS2/c1-7-15-16-12(21-2)18(7)17-11(20)14-10(19)8-5-3-4-6-9(8)13/h3-6H,1-2H3,(H2,14,17,19,20). The van der Waals surface area contributed by atoms with Crippen LogP contribution in [0.25, 0.3) is 0 Å². The van der Waals surface area contributed by atoms with Crippen molar-refractivity contribution in [2.24, 2.45) is 0 Å². The van der Waals surface area contributed by atoms with E-state index in [4.69, 9.17) is 12.2 Å². The number of hydrogen-bond donors (Lipinski definition) is 2. The van der Waals surface area contributed by atoms with E-state index in [2.05, 4.69) is 43.5 Å². The minimum atomic E-state index is -0.256. The van der Waals surface area contributed by atoms with E-state index in [1.54, 1.807) is 17.7 Å². The summed E-state index contributed by atoms with van der Waals surface area (Å²) >= 11 is 8.70. The van der Waals surface area contributed by atoms with Crippen LogP contribution in [0, 0.1) is 10.5 Å². The number of benzene rings is 1. The maximum Gasteiger partial charge on any atom is 0.258 e. The molecular formula is C12H12IN5OS2. The molecule has 1 aromatic heterocycles. The molecule has 1 amide bonds. The van der Waals surface area contributed by atoms with Gasteiger partial charge in [0.1, 0.15) is 5.82 Å². The lowest BCUT2D eigenvalue weighted by molar-refractivity contribution is 0.0976. The van der Waals surface area contributed by atoms with Crippen LogP contribution in [-0.2, 0) is 0 Å². The van der Waals surface area contributed by atoms with Crippen LogP contribution in [0.15, 0.2) is 29.4 Å². The van der Waals surface area contributed by atoms with Crippen LogP contribution in [-0.4, -0.2) is 32.1 Å². The van der Waals surface area contributed by atoms with Crippen molar-refractivity contribution < 1.29 is 4.79 Å². The number of carbonyl (C=O) groups excluding carboxylic acids is 1. The number of nitrogens with one attached hydrogen (secondary N) is 2. The third-order valence-electron chi connectivity index (χ3n) is 2.54. The first-order chi connectivity index (χ1) is 10.0. The zero-order valence-electron chi connectivity index (χ0n) is 11.3. The number of halogens is 1. The molecule has 1 aromatic carbocycles. The Kier molecular flexibility index (Phi) is 5.53. The van der Waals surface area contributed by atoms with Crippen molar-refractivity contribution in [3.63, 3.8) is 0 Å². The molecule has 0 aliphatic rings. The third kappa shape index (κ3) is 3.92. The summed E-state index contributed by atoms with van der Waals surface area (Å²) in [5.41, 5.74) is 3.47. The quantitative estimate of drug-likeness (QED) is 0.439. The molecule has 0 fully saturated rings. The molecule has 0 saturated carbocycles. The van der Waals surface area contributed by atoms with Crippen molar-refractivity contribution in [2.45, 2.75) is 12.1 Å². The molecule has 2 aromatic rings. The van der Waals surface area contributed by atoms with Crippen LogP contribution in [0.2, 0.25) is 0 Å². The van der Waals surface area contributed by atoms with Gasteiger partial charge in [0.25, 0.3) is 5.91 Å². The fraction of sp³-hybridized carbons (Fsp3) is 0.167. The van der Waals surface area contributed by atoms with E-state index in [9.17, 15) is 4.79 Å².